The van der Waals surface area contributed by atoms with Crippen LogP contribution in [-0.2, 0) is 4.79 Å². The fourth-order valence-corrected chi connectivity index (χ4v) is 3.67. The zero-order valence-corrected chi connectivity index (χ0v) is 16.3. The Morgan fingerprint density at radius 2 is 2.00 bits per heavy atom. The molecule has 1 atom stereocenters. The monoisotopic (exact) mass is 423 g/mol. The quantitative estimate of drug-likeness (QED) is 0.524. The van der Waals surface area contributed by atoms with Crippen LogP contribution >= 0.6 is 11.6 Å². The lowest BCUT2D eigenvalue weighted by atomic mass is 10.1. The summed E-state index contributed by atoms with van der Waals surface area (Å²) in [6, 6.07) is 15.8. The number of anilines is 1. The maximum atomic E-state index is 14.2. The van der Waals surface area contributed by atoms with Gasteiger partial charge in [0.05, 0.1) is 11.4 Å². The number of rotatable bonds is 4. The van der Waals surface area contributed by atoms with Gasteiger partial charge in [-0.05, 0) is 24.3 Å². The summed E-state index contributed by atoms with van der Waals surface area (Å²) < 4.78 is 19.6. The SMILES string of the molecule is O=C1CC(c2noc(-c3cc(-c4ccccc4)n[nH]3)n2)CN1c1ccc(Cl)cc1F. The van der Waals surface area contributed by atoms with Crippen molar-refractivity contribution in [3.8, 4) is 22.8 Å². The van der Waals surface area contributed by atoms with Crippen LogP contribution in [0.25, 0.3) is 22.8 Å². The van der Waals surface area contributed by atoms with Gasteiger partial charge < -0.3 is 9.42 Å². The second-order valence-electron chi connectivity index (χ2n) is 6.99. The van der Waals surface area contributed by atoms with E-state index < -0.39 is 5.82 Å². The summed E-state index contributed by atoms with van der Waals surface area (Å²) >= 11 is 5.80. The Morgan fingerprint density at radius 3 is 2.80 bits per heavy atom. The minimum atomic E-state index is -0.545. The van der Waals surface area contributed by atoms with Crippen LogP contribution < -0.4 is 4.90 Å². The molecule has 1 aliphatic heterocycles. The Balaban J connectivity index is 1.36. The second-order valence-corrected chi connectivity index (χ2v) is 7.43. The van der Waals surface area contributed by atoms with E-state index in [0.29, 0.717) is 11.5 Å². The molecule has 1 saturated heterocycles. The smallest absolute Gasteiger partial charge is 0.275 e. The fourth-order valence-electron chi connectivity index (χ4n) is 3.51. The average Bonchev–Trinajstić information content (AvgIpc) is 3.48. The molecule has 5 rings (SSSR count). The number of amides is 1. The van der Waals surface area contributed by atoms with Crippen LogP contribution in [0, 0.1) is 5.82 Å². The third kappa shape index (κ3) is 3.35. The highest BCUT2D eigenvalue weighted by Gasteiger charge is 2.36. The molecule has 150 valence electrons. The molecular formula is C21H15ClFN5O2. The highest BCUT2D eigenvalue weighted by molar-refractivity contribution is 6.30. The van der Waals surface area contributed by atoms with Gasteiger partial charge >= 0.3 is 0 Å². The van der Waals surface area contributed by atoms with Crippen molar-refractivity contribution in [1.29, 1.82) is 0 Å². The highest BCUT2D eigenvalue weighted by Crippen LogP contribution is 2.33. The third-order valence-electron chi connectivity index (χ3n) is 5.01. The molecule has 1 unspecified atom stereocenters. The summed E-state index contributed by atoms with van der Waals surface area (Å²) in [7, 11) is 0. The van der Waals surface area contributed by atoms with Gasteiger partial charge in [0.25, 0.3) is 5.89 Å². The highest BCUT2D eigenvalue weighted by atomic mass is 35.5. The van der Waals surface area contributed by atoms with Gasteiger partial charge in [0, 0.05) is 29.5 Å². The molecule has 0 saturated carbocycles. The molecule has 7 nitrogen and oxygen atoms in total. The zero-order valence-electron chi connectivity index (χ0n) is 15.5. The lowest BCUT2D eigenvalue weighted by Gasteiger charge is -2.17. The lowest BCUT2D eigenvalue weighted by Crippen LogP contribution is -2.25. The number of hydrogen-bond acceptors (Lipinski definition) is 5. The molecule has 0 bridgehead atoms. The van der Waals surface area contributed by atoms with Crippen LogP contribution in [0.15, 0.2) is 59.1 Å². The molecule has 1 aliphatic rings. The molecule has 30 heavy (non-hydrogen) atoms. The largest absolute Gasteiger partial charge is 0.332 e. The first-order valence-corrected chi connectivity index (χ1v) is 9.66. The molecule has 1 fully saturated rings. The van der Waals surface area contributed by atoms with Gasteiger partial charge in [0.15, 0.2) is 5.82 Å². The van der Waals surface area contributed by atoms with Crippen LogP contribution in [0.5, 0.6) is 0 Å². The molecule has 0 aliphatic carbocycles. The third-order valence-corrected chi connectivity index (χ3v) is 5.25. The van der Waals surface area contributed by atoms with E-state index in [9.17, 15) is 9.18 Å². The molecule has 1 amide bonds. The molecule has 2 aromatic carbocycles. The number of aromatic nitrogens is 4. The van der Waals surface area contributed by atoms with E-state index in [1.165, 1.54) is 17.0 Å². The van der Waals surface area contributed by atoms with Crippen LogP contribution in [0.4, 0.5) is 10.1 Å². The van der Waals surface area contributed by atoms with Crippen molar-refractivity contribution < 1.29 is 13.7 Å². The van der Waals surface area contributed by atoms with Gasteiger partial charge in [-0.2, -0.15) is 10.1 Å². The summed E-state index contributed by atoms with van der Waals surface area (Å²) in [5.41, 5.74) is 2.49. The molecule has 0 radical (unpaired) electrons. The maximum Gasteiger partial charge on any atom is 0.275 e. The van der Waals surface area contributed by atoms with Crippen molar-refractivity contribution >= 4 is 23.2 Å². The van der Waals surface area contributed by atoms with Gasteiger partial charge in [0.1, 0.15) is 11.5 Å². The topological polar surface area (TPSA) is 87.9 Å². The van der Waals surface area contributed by atoms with Crippen molar-refractivity contribution in [1.82, 2.24) is 20.3 Å². The number of halogens is 2. The first kappa shape index (κ1) is 18.5. The minimum absolute atomic E-state index is 0.166. The first-order chi connectivity index (χ1) is 14.6. The Hall–Kier alpha value is -3.52. The molecule has 2 aromatic heterocycles. The van der Waals surface area contributed by atoms with Gasteiger partial charge in [-0.3, -0.25) is 9.89 Å². The minimum Gasteiger partial charge on any atom is -0.332 e. The summed E-state index contributed by atoms with van der Waals surface area (Å²) in [6.07, 6.45) is 0.166. The van der Waals surface area contributed by atoms with Crippen LogP contribution in [0.2, 0.25) is 5.02 Å². The number of nitrogens with zero attached hydrogens (tertiary/aromatic N) is 4. The van der Waals surface area contributed by atoms with Crippen molar-refractivity contribution in [2.24, 2.45) is 0 Å². The van der Waals surface area contributed by atoms with Crippen molar-refractivity contribution in [3.63, 3.8) is 0 Å². The normalized spacial score (nSPS) is 16.4. The molecule has 4 aromatic rings. The maximum absolute atomic E-state index is 14.2. The number of hydrogen-bond donors (Lipinski definition) is 1. The number of carbonyl (C=O) groups is 1. The predicted molar refractivity (Wildman–Crippen MR) is 108 cm³/mol. The van der Waals surface area contributed by atoms with Crippen LogP contribution in [-0.4, -0.2) is 32.8 Å². The summed E-state index contributed by atoms with van der Waals surface area (Å²) in [5.74, 6) is -0.382. The fraction of sp³-hybridized carbons (Fsp3) is 0.143. The molecule has 0 spiro atoms. The van der Waals surface area contributed by atoms with E-state index >= 15 is 0 Å². The van der Waals surface area contributed by atoms with Crippen molar-refractivity contribution in [3.05, 3.63) is 71.3 Å². The zero-order chi connectivity index (χ0) is 20.7. The van der Waals surface area contributed by atoms with E-state index in [1.807, 2.05) is 36.4 Å². The molecule has 9 heteroatoms. The number of benzene rings is 2. The van der Waals surface area contributed by atoms with E-state index in [1.54, 1.807) is 6.07 Å². The summed E-state index contributed by atoms with van der Waals surface area (Å²) in [6.45, 7) is 0.259. The van der Waals surface area contributed by atoms with E-state index in [-0.39, 0.29) is 41.4 Å². The number of aromatic amines is 1. The van der Waals surface area contributed by atoms with Crippen molar-refractivity contribution in [2.45, 2.75) is 12.3 Å². The van der Waals surface area contributed by atoms with Crippen molar-refractivity contribution in [2.75, 3.05) is 11.4 Å². The second kappa shape index (κ2) is 7.38. The summed E-state index contributed by atoms with van der Waals surface area (Å²) in [5, 5.41) is 11.5. The van der Waals surface area contributed by atoms with E-state index in [0.717, 1.165) is 11.3 Å². The number of H-pyrrole nitrogens is 1. The van der Waals surface area contributed by atoms with E-state index in [4.69, 9.17) is 16.1 Å². The number of nitrogens with one attached hydrogen (secondary N) is 1. The Bertz CT molecular complexity index is 1220. The van der Waals surface area contributed by atoms with Gasteiger partial charge in [-0.25, -0.2) is 4.39 Å². The lowest BCUT2D eigenvalue weighted by molar-refractivity contribution is -0.117. The van der Waals surface area contributed by atoms with E-state index in [2.05, 4.69) is 20.3 Å². The standard InChI is InChI=1S/C21H15ClFN5O2/c22-14-6-7-18(15(23)9-14)28-11-13(8-19(28)29)20-24-21(30-27-20)17-10-16(25-26-17)12-4-2-1-3-5-12/h1-7,9-10,13H,8,11H2,(H,25,26). The Morgan fingerprint density at radius 1 is 1.17 bits per heavy atom. The Labute approximate surface area is 175 Å². The van der Waals surface area contributed by atoms with Crippen LogP contribution in [0.1, 0.15) is 18.2 Å². The van der Waals surface area contributed by atoms with Crippen LogP contribution in [0.3, 0.4) is 0 Å². The first-order valence-electron chi connectivity index (χ1n) is 9.29. The van der Waals surface area contributed by atoms with Gasteiger partial charge in [-0.1, -0.05) is 47.1 Å². The molecular weight excluding hydrogens is 409 g/mol. The van der Waals surface area contributed by atoms with Gasteiger partial charge in [-0.15, -0.1) is 0 Å². The number of carbonyl (C=O) groups excluding carboxylic acids is 1. The van der Waals surface area contributed by atoms with Gasteiger partial charge in [0.2, 0.25) is 5.91 Å². The predicted octanol–water partition coefficient (Wildman–Crippen LogP) is 4.44. The Kier molecular flexibility index (Phi) is 4.55. The molecule has 1 N–H and O–H groups in total. The molecule has 3 heterocycles. The average molecular weight is 424 g/mol. The summed E-state index contributed by atoms with van der Waals surface area (Å²) in [4.78, 5) is 18.3.